The van der Waals surface area contributed by atoms with E-state index in [9.17, 15) is 9.59 Å². The van der Waals surface area contributed by atoms with Crippen molar-refractivity contribution in [2.45, 2.75) is 32.5 Å². The van der Waals surface area contributed by atoms with Crippen LogP contribution in [0.5, 0.6) is 0 Å². The van der Waals surface area contributed by atoms with Gasteiger partial charge >= 0.3 is 0 Å². The summed E-state index contributed by atoms with van der Waals surface area (Å²) < 4.78 is 5.72. The Hall–Kier alpha value is -1.38. The molecular formula is C20H30Cl2N4O3. The number of carbonyl (C=O) groups is 2. The summed E-state index contributed by atoms with van der Waals surface area (Å²) in [6, 6.07) is 4.88. The molecule has 2 atom stereocenters. The Balaban J connectivity index is 1.61. The third-order valence-corrected chi connectivity index (χ3v) is 5.24. The Kier molecular flexibility index (Phi) is 9.65. The lowest BCUT2D eigenvalue weighted by Crippen LogP contribution is -2.46. The molecule has 1 aliphatic rings. The first kappa shape index (κ1) is 23.9. The van der Waals surface area contributed by atoms with Crippen molar-refractivity contribution in [3.05, 3.63) is 28.2 Å². The number of hydrogen-bond acceptors (Lipinski definition) is 5. The molecule has 2 amide bonds. The highest BCUT2D eigenvalue weighted by Gasteiger charge is 2.21. The quantitative estimate of drug-likeness (QED) is 0.572. The molecule has 2 rings (SSSR count). The summed E-state index contributed by atoms with van der Waals surface area (Å²) in [4.78, 5) is 28.2. The molecule has 0 spiro atoms. The number of amides is 2. The first-order chi connectivity index (χ1) is 13.7. The van der Waals surface area contributed by atoms with Gasteiger partial charge in [-0.2, -0.15) is 0 Å². The van der Waals surface area contributed by atoms with Crippen molar-refractivity contribution >= 4 is 40.7 Å². The molecule has 0 saturated carbocycles. The largest absolute Gasteiger partial charge is 0.373 e. The van der Waals surface area contributed by atoms with Gasteiger partial charge in [-0.05, 0) is 45.5 Å². The maximum absolute atomic E-state index is 12.1. The first-order valence-corrected chi connectivity index (χ1v) is 10.6. The fourth-order valence-corrected chi connectivity index (χ4v) is 3.67. The molecule has 1 saturated heterocycles. The lowest BCUT2D eigenvalue weighted by molar-refractivity contribution is -0.123. The predicted molar refractivity (Wildman–Crippen MR) is 117 cm³/mol. The number of benzene rings is 1. The molecule has 162 valence electrons. The zero-order valence-corrected chi connectivity index (χ0v) is 18.7. The molecule has 2 N–H and O–H groups in total. The standard InChI is InChI=1S/C20H30Cl2N4O3/c1-14-10-26(11-15(2)29-14)8-4-7-23-19(27)12-25(3)13-20(28)24-16-5-6-17(21)18(22)9-16/h5-6,9,14-15H,4,7-8,10-13H2,1-3H3,(H,23,27)(H,24,28). The van der Waals surface area contributed by atoms with Gasteiger partial charge in [0.25, 0.3) is 0 Å². The van der Waals surface area contributed by atoms with Crippen LogP contribution in [0.25, 0.3) is 0 Å². The van der Waals surface area contributed by atoms with Crippen LogP contribution < -0.4 is 10.6 Å². The third-order valence-electron chi connectivity index (χ3n) is 4.50. The molecule has 0 aromatic heterocycles. The molecule has 1 heterocycles. The van der Waals surface area contributed by atoms with Crippen molar-refractivity contribution in [2.24, 2.45) is 0 Å². The number of nitrogens with one attached hydrogen (secondary N) is 2. The highest BCUT2D eigenvalue weighted by atomic mass is 35.5. The average Bonchev–Trinajstić information content (AvgIpc) is 2.61. The van der Waals surface area contributed by atoms with E-state index in [0.29, 0.717) is 22.3 Å². The van der Waals surface area contributed by atoms with Crippen LogP contribution in [0.2, 0.25) is 10.0 Å². The van der Waals surface area contributed by atoms with Crippen LogP contribution in [0.4, 0.5) is 5.69 Å². The van der Waals surface area contributed by atoms with Crippen molar-refractivity contribution in [3.8, 4) is 0 Å². The van der Waals surface area contributed by atoms with Crippen LogP contribution in [0.1, 0.15) is 20.3 Å². The van der Waals surface area contributed by atoms with Gasteiger partial charge in [0.2, 0.25) is 11.8 Å². The molecule has 1 fully saturated rings. The SMILES string of the molecule is CC1CN(CCCNC(=O)CN(C)CC(=O)Nc2ccc(Cl)c(Cl)c2)CC(C)O1. The molecule has 1 aliphatic heterocycles. The molecule has 7 nitrogen and oxygen atoms in total. The van der Waals surface area contributed by atoms with Crippen LogP contribution in [-0.2, 0) is 14.3 Å². The Morgan fingerprint density at radius 2 is 1.79 bits per heavy atom. The maximum Gasteiger partial charge on any atom is 0.238 e. The van der Waals surface area contributed by atoms with Crippen molar-refractivity contribution in [3.63, 3.8) is 0 Å². The van der Waals surface area contributed by atoms with Gasteiger partial charge in [-0.25, -0.2) is 0 Å². The fraction of sp³-hybridized carbons (Fsp3) is 0.600. The minimum absolute atomic E-state index is 0.0945. The number of hydrogen-bond donors (Lipinski definition) is 2. The number of nitrogens with zero attached hydrogens (tertiary/aromatic N) is 2. The van der Waals surface area contributed by atoms with E-state index >= 15 is 0 Å². The Morgan fingerprint density at radius 3 is 2.45 bits per heavy atom. The third kappa shape index (κ3) is 8.88. The normalized spacial score (nSPS) is 19.9. The second-order valence-corrected chi connectivity index (χ2v) is 8.38. The lowest BCUT2D eigenvalue weighted by atomic mass is 10.2. The Morgan fingerprint density at radius 1 is 1.14 bits per heavy atom. The van der Waals surface area contributed by atoms with Crippen molar-refractivity contribution < 1.29 is 14.3 Å². The fourth-order valence-electron chi connectivity index (χ4n) is 3.37. The number of carbonyl (C=O) groups excluding carboxylic acids is 2. The van der Waals surface area contributed by atoms with Crippen molar-refractivity contribution in [1.82, 2.24) is 15.1 Å². The zero-order valence-electron chi connectivity index (χ0n) is 17.2. The smallest absolute Gasteiger partial charge is 0.238 e. The van der Waals surface area contributed by atoms with Gasteiger partial charge in [0.1, 0.15) is 0 Å². The van der Waals surface area contributed by atoms with Crippen molar-refractivity contribution in [1.29, 1.82) is 0 Å². The van der Waals surface area contributed by atoms with E-state index in [4.69, 9.17) is 27.9 Å². The number of halogens is 2. The molecular weight excluding hydrogens is 415 g/mol. The van der Waals surface area contributed by atoms with Gasteiger partial charge in [-0.15, -0.1) is 0 Å². The molecule has 0 aliphatic carbocycles. The van der Waals surface area contributed by atoms with Gasteiger partial charge in [-0.3, -0.25) is 19.4 Å². The highest BCUT2D eigenvalue weighted by Crippen LogP contribution is 2.24. The van der Waals surface area contributed by atoms with E-state index in [-0.39, 0.29) is 37.1 Å². The number of anilines is 1. The van der Waals surface area contributed by atoms with E-state index in [0.717, 1.165) is 26.1 Å². The molecule has 0 bridgehead atoms. The lowest BCUT2D eigenvalue weighted by Gasteiger charge is -2.35. The van der Waals surface area contributed by atoms with Gasteiger partial charge < -0.3 is 15.4 Å². The van der Waals surface area contributed by atoms with E-state index < -0.39 is 0 Å². The number of likely N-dealkylation sites (N-methyl/N-ethyl adjacent to an activating group) is 1. The molecule has 9 heteroatoms. The van der Waals surface area contributed by atoms with Crippen LogP contribution in [0.3, 0.4) is 0 Å². The minimum atomic E-state index is -0.228. The van der Waals surface area contributed by atoms with Gasteiger partial charge in [0, 0.05) is 31.9 Å². The van der Waals surface area contributed by atoms with Crippen LogP contribution in [0, 0.1) is 0 Å². The average molecular weight is 445 g/mol. The first-order valence-electron chi connectivity index (χ1n) is 9.81. The Bertz CT molecular complexity index is 694. The van der Waals surface area contributed by atoms with Gasteiger partial charge in [0.15, 0.2) is 0 Å². The van der Waals surface area contributed by atoms with E-state index in [1.54, 1.807) is 30.1 Å². The number of rotatable bonds is 9. The summed E-state index contributed by atoms with van der Waals surface area (Å²) in [5, 5.41) is 6.45. The van der Waals surface area contributed by atoms with E-state index in [1.165, 1.54) is 0 Å². The van der Waals surface area contributed by atoms with Crippen LogP contribution in [0.15, 0.2) is 18.2 Å². The van der Waals surface area contributed by atoms with Gasteiger partial charge in [0.05, 0.1) is 35.3 Å². The maximum atomic E-state index is 12.1. The summed E-state index contributed by atoms with van der Waals surface area (Å²) in [7, 11) is 1.73. The second-order valence-electron chi connectivity index (χ2n) is 7.57. The summed E-state index contributed by atoms with van der Waals surface area (Å²) in [5.41, 5.74) is 0.564. The summed E-state index contributed by atoms with van der Waals surface area (Å²) >= 11 is 11.8. The molecule has 0 radical (unpaired) electrons. The topological polar surface area (TPSA) is 73.9 Å². The van der Waals surface area contributed by atoms with Crippen LogP contribution >= 0.6 is 23.2 Å². The molecule has 29 heavy (non-hydrogen) atoms. The summed E-state index contributed by atoms with van der Waals surface area (Å²) in [6.45, 7) is 7.81. The van der Waals surface area contributed by atoms with Crippen LogP contribution in [-0.4, -0.2) is 80.1 Å². The highest BCUT2D eigenvalue weighted by molar-refractivity contribution is 6.42. The number of ether oxygens (including phenoxy) is 1. The molecule has 1 aromatic carbocycles. The second kappa shape index (κ2) is 11.7. The predicted octanol–water partition coefficient (Wildman–Crippen LogP) is 2.48. The molecule has 2 unspecified atom stereocenters. The van der Waals surface area contributed by atoms with E-state index in [2.05, 4.69) is 29.4 Å². The summed E-state index contributed by atoms with van der Waals surface area (Å²) in [6.07, 6.45) is 1.38. The monoisotopic (exact) mass is 444 g/mol. The zero-order chi connectivity index (χ0) is 21.4. The molecule has 1 aromatic rings. The van der Waals surface area contributed by atoms with Gasteiger partial charge in [-0.1, -0.05) is 23.2 Å². The Labute approximate surface area is 182 Å². The van der Waals surface area contributed by atoms with Crippen molar-refractivity contribution in [2.75, 3.05) is 51.6 Å². The minimum Gasteiger partial charge on any atom is -0.373 e. The summed E-state index contributed by atoms with van der Waals surface area (Å²) in [5.74, 6) is -0.326. The number of morpholine rings is 1. The van der Waals surface area contributed by atoms with E-state index in [1.807, 2.05) is 0 Å².